The Morgan fingerprint density at radius 1 is 1.06 bits per heavy atom. The first-order valence-electron chi connectivity index (χ1n) is 6.18. The van der Waals surface area contributed by atoms with Crippen molar-refractivity contribution in [1.29, 1.82) is 0 Å². The minimum atomic E-state index is 0.191. The number of benzene rings is 2. The van der Waals surface area contributed by atoms with E-state index in [1.807, 2.05) is 19.1 Å². The zero-order valence-corrected chi connectivity index (χ0v) is 10.9. The van der Waals surface area contributed by atoms with Gasteiger partial charge in [-0.3, -0.25) is 0 Å². The number of hydrogen-bond acceptors (Lipinski definition) is 2. The van der Waals surface area contributed by atoms with E-state index in [-0.39, 0.29) is 6.04 Å². The molecule has 0 aromatic heterocycles. The van der Waals surface area contributed by atoms with Crippen LogP contribution in [-0.2, 0) is 6.42 Å². The largest absolute Gasteiger partial charge is 0.497 e. The zero-order valence-electron chi connectivity index (χ0n) is 10.9. The van der Waals surface area contributed by atoms with Gasteiger partial charge in [-0.25, -0.2) is 0 Å². The van der Waals surface area contributed by atoms with Gasteiger partial charge in [-0.15, -0.1) is 0 Å². The van der Waals surface area contributed by atoms with Gasteiger partial charge in [0.2, 0.25) is 0 Å². The van der Waals surface area contributed by atoms with Gasteiger partial charge in [0.25, 0.3) is 0 Å². The predicted molar refractivity (Wildman–Crippen MR) is 75.8 cm³/mol. The monoisotopic (exact) mass is 241 g/mol. The molecule has 0 saturated heterocycles. The van der Waals surface area contributed by atoms with Crippen molar-refractivity contribution in [3.8, 4) is 16.9 Å². The molecule has 0 fully saturated rings. The molecule has 0 aliphatic carbocycles. The summed E-state index contributed by atoms with van der Waals surface area (Å²) in [5, 5.41) is 0. The number of hydrogen-bond donors (Lipinski definition) is 1. The normalized spacial score (nSPS) is 12.2. The van der Waals surface area contributed by atoms with E-state index < -0.39 is 0 Å². The highest BCUT2D eigenvalue weighted by molar-refractivity contribution is 5.64. The van der Waals surface area contributed by atoms with Gasteiger partial charge in [0.05, 0.1) is 7.11 Å². The van der Waals surface area contributed by atoms with E-state index in [0.29, 0.717) is 0 Å². The summed E-state index contributed by atoms with van der Waals surface area (Å²) in [6, 6.07) is 16.8. The van der Waals surface area contributed by atoms with Crippen molar-refractivity contribution in [3.63, 3.8) is 0 Å². The molecule has 18 heavy (non-hydrogen) atoms. The van der Waals surface area contributed by atoms with Crippen LogP contribution in [0.15, 0.2) is 48.5 Å². The lowest BCUT2D eigenvalue weighted by Crippen LogP contribution is -2.17. The average molecular weight is 241 g/mol. The molecule has 94 valence electrons. The summed E-state index contributed by atoms with van der Waals surface area (Å²) in [4.78, 5) is 0. The van der Waals surface area contributed by atoms with Gasteiger partial charge >= 0.3 is 0 Å². The number of ether oxygens (including phenoxy) is 1. The standard InChI is InChI=1S/C16H19NO/c1-12(17)10-13-4-3-5-15(11-13)14-6-8-16(18-2)9-7-14/h3-9,11-12H,10,17H2,1-2H3. The lowest BCUT2D eigenvalue weighted by atomic mass is 10.00. The van der Waals surface area contributed by atoms with E-state index in [4.69, 9.17) is 10.5 Å². The fourth-order valence-electron chi connectivity index (χ4n) is 2.03. The summed E-state index contributed by atoms with van der Waals surface area (Å²) in [7, 11) is 1.68. The highest BCUT2D eigenvalue weighted by atomic mass is 16.5. The van der Waals surface area contributed by atoms with E-state index in [9.17, 15) is 0 Å². The molecule has 2 heteroatoms. The summed E-state index contributed by atoms with van der Waals surface area (Å²) < 4.78 is 5.16. The van der Waals surface area contributed by atoms with Gasteiger partial charge < -0.3 is 10.5 Å². The third-order valence-electron chi connectivity index (χ3n) is 2.91. The maximum Gasteiger partial charge on any atom is 0.118 e. The van der Waals surface area contributed by atoms with Crippen LogP contribution in [0.4, 0.5) is 0 Å². The number of nitrogens with two attached hydrogens (primary N) is 1. The summed E-state index contributed by atoms with van der Waals surface area (Å²) in [6.07, 6.45) is 0.907. The van der Waals surface area contributed by atoms with Crippen LogP contribution in [0.1, 0.15) is 12.5 Å². The van der Waals surface area contributed by atoms with Gasteiger partial charge in [0, 0.05) is 6.04 Å². The molecule has 1 unspecified atom stereocenters. The summed E-state index contributed by atoms with van der Waals surface area (Å²) >= 11 is 0. The number of methoxy groups -OCH3 is 1. The Labute approximate surface area is 108 Å². The molecule has 0 aliphatic rings. The SMILES string of the molecule is COc1ccc(-c2cccc(CC(C)N)c2)cc1. The third kappa shape index (κ3) is 3.11. The molecule has 1 atom stereocenters. The quantitative estimate of drug-likeness (QED) is 0.891. The summed E-state index contributed by atoms with van der Waals surface area (Å²) in [5.41, 5.74) is 9.53. The van der Waals surface area contributed by atoms with Crippen molar-refractivity contribution >= 4 is 0 Å². The second-order valence-electron chi connectivity index (χ2n) is 4.61. The second kappa shape index (κ2) is 5.69. The highest BCUT2D eigenvalue weighted by Crippen LogP contribution is 2.23. The van der Waals surface area contributed by atoms with Crippen LogP contribution in [-0.4, -0.2) is 13.2 Å². The van der Waals surface area contributed by atoms with Crippen LogP contribution in [0.3, 0.4) is 0 Å². The van der Waals surface area contributed by atoms with Crippen molar-refractivity contribution in [2.24, 2.45) is 5.73 Å². The van der Waals surface area contributed by atoms with Gasteiger partial charge in [-0.2, -0.15) is 0 Å². The molecule has 0 saturated carbocycles. The van der Waals surface area contributed by atoms with Crippen molar-refractivity contribution < 1.29 is 4.74 Å². The third-order valence-corrected chi connectivity index (χ3v) is 2.91. The van der Waals surface area contributed by atoms with Gasteiger partial charge in [0.15, 0.2) is 0 Å². The Morgan fingerprint density at radius 3 is 2.39 bits per heavy atom. The Bertz CT molecular complexity index is 503. The first kappa shape index (κ1) is 12.7. The maximum atomic E-state index is 5.83. The summed E-state index contributed by atoms with van der Waals surface area (Å²) in [6.45, 7) is 2.03. The molecule has 2 N–H and O–H groups in total. The number of rotatable bonds is 4. The van der Waals surface area contributed by atoms with Gasteiger partial charge in [-0.1, -0.05) is 36.4 Å². The molecule has 0 aliphatic heterocycles. The minimum Gasteiger partial charge on any atom is -0.497 e. The molecule has 0 bridgehead atoms. The van der Waals surface area contributed by atoms with Crippen LogP contribution in [0.5, 0.6) is 5.75 Å². The molecule has 0 radical (unpaired) electrons. The fourth-order valence-corrected chi connectivity index (χ4v) is 2.03. The van der Waals surface area contributed by atoms with Crippen LogP contribution in [0, 0.1) is 0 Å². The fraction of sp³-hybridized carbons (Fsp3) is 0.250. The molecular formula is C16H19NO. The lowest BCUT2D eigenvalue weighted by molar-refractivity contribution is 0.415. The molecule has 0 spiro atoms. The Morgan fingerprint density at radius 2 is 1.78 bits per heavy atom. The molecule has 2 aromatic rings. The molecule has 2 aromatic carbocycles. The van der Waals surface area contributed by atoms with Gasteiger partial charge in [0.1, 0.15) is 5.75 Å². The van der Waals surface area contributed by atoms with Crippen LogP contribution in [0.25, 0.3) is 11.1 Å². The predicted octanol–water partition coefficient (Wildman–Crippen LogP) is 3.25. The topological polar surface area (TPSA) is 35.2 Å². The first-order valence-corrected chi connectivity index (χ1v) is 6.18. The molecular weight excluding hydrogens is 222 g/mol. The van der Waals surface area contributed by atoms with E-state index in [1.54, 1.807) is 7.11 Å². The van der Waals surface area contributed by atoms with E-state index in [0.717, 1.165) is 12.2 Å². The minimum absolute atomic E-state index is 0.191. The van der Waals surface area contributed by atoms with Crippen LogP contribution < -0.4 is 10.5 Å². The molecule has 0 amide bonds. The second-order valence-corrected chi connectivity index (χ2v) is 4.61. The molecule has 2 nitrogen and oxygen atoms in total. The lowest BCUT2D eigenvalue weighted by Gasteiger charge is -2.08. The Balaban J connectivity index is 2.26. The maximum absolute atomic E-state index is 5.83. The van der Waals surface area contributed by atoms with Crippen molar-refractivity contribution in [2.75, 3.05) is 7.11 Å². The van der Waals surface area contributed by atoms with E-state index in [2.05, 4.69) is 36.4 Å². The van der Waals surface area contributed by atoms with Crippen LogP contribution in [0.2, 0.25) is 0 Å². The highest BCUT2D eigenvalue weighted by Gasteiger charge is 2.02. The molecule has 2 rings (SSSR count). The van der Waals surface area contributed by atoms with E-state index >= 15 is 0 Å². The molecule has 0 heterocycles. The zero-order chi connectivity index (χ0) is 13.0. The Kier molecular flexibility index (Phi) is 4.00. The van der Waals surface area contributed by atoms with Crippen molar-refractivity contribution in [3.05, 3.63) is 54.1 Å². The van der Waals surface area contributed by atoms with Crippen LogP contribution >= 0.6 is 0 Å². The smallest absolute Gasteiger partial charge is 0.118 e. The van der Waals surface area contributed by atoms with E-state index in [1.165, 1.54) is 16.7 Å². The van der Waals surface area contributed by atoms with Crippen molar-refractivity contribution in [2.45, 2.75) is 19.4 Å². The first-order chi connectivity index (χ1) is 8.69. The average Bonchev–Trinajstić information content (AvgIpc) is 2.38. The Hall–Kier alpha value is -1.80. The summed E-state index contributed by atoms with van der Waals surface area (Å²) in [5.74, 6) is 0.880. The van der Waals surface area contributed by atoms with Gasteiger partial charge in [-0.05, 0) is 42.2 Å². The van der Waals surface area contributed by atoms with Crippen molar-refractivity contribution in [1.82, 2.24) is 0 Å².